The van der Waals surface area contributed by atoms with Gasteiger partial charge in [-0.05, 0) is 5.56 Å². The predicted octanol–water partition coefficient (Wildman–Crippen LogP) is 1.66. The first-order chi connectivity index (χ1) is 7.79. The van der Waals surface area contributed by atoms with Crippen LogP contribution < -0.4 is 5.73 Å². The van der Waals surface area contributed by atoms with Crippen LogP contribution in [-0.4, -0.2) is 27.7 Å². The second-order valence-corrected chi connectivity index (χ2v) is 4.52. The van der Waals surface area contributed by atoms with Crippen molar-refractivity contribution in [3.8, 4) is 0 Å². The zero-order valence-corrected chi connectivity index (χ0v) is 10.2. The highest BCUT2D eigenvalue weighted by Crippen LogP contribution is 2.17. The fourth-order valence-corrected chi connectivity index (χ4v) is 2.21. The molecular formula is C11H16N4S. The van der Waals surface area contributed by atoms with E-state index in [1.165, 1.54) is 5.56 Å². The van der Waals surface area contributed by atoms with Gasteiger partial charge in [0.15, 0.2) is 5.17 Å². The molecule has 2 rings (SSSR count). The van der Waals surface area contributed by atoms with E-state index in [0.29, 0.717) is 5.17 Å². The summed E-state index contributed by atoms with van der Waals surface area (Å²) in [4.78, 5) is 0. The molecule has 1 aliphatic heterocycles. The van der Waals surface area contributed by atoms with Crippen molar-refractivity contribution in [2.24, 2.45) is 10.8 Å². The highest BCUT2D eigenvalue weighted by Gasteiger charge is 2.18. The van der Waals surface area contributed by atoms with Gasteiger partial charge in [0.1, 0.15) is 5.88 Å². The summed E-state index contributed by atoms with van der Waals surface area (Å²) in [5, 5.41) is 9.04. The molecule has 4 nitrogen and oxygen atoms in total. The number of amidine groups is 1. The van der Waals surface area contributed by atoms with E-state index in [9.17, 15) is 0 Å². The molecule has 0 aliphatic carbocycles. The quantitative estimate of drug-likeness (QED) is 0.863. The van der Waals surface area contributed by atoms with Gasteiger partial charge in [-0.3, -0.25) is 0 Å². The van der Waals surface area contributed by atoms with E-state index in [0.717, 1.165) is 19.0 Å². The maximum atomic E-state index is 5.66. The molecule has 0 bridgehead atoms. The van der Waals surface area contributed by atoms with E-state index < -0.39 is 0 Å². The Morgan fingerprint density at radius 1 is 1.44 bits per heavy atom. The number of hydrogen-bond donors (Lipinski definition) is 1. The lowest BCUT2D eigenvalue weighted by molar-refractivity contribution is -0.00532. The first-order valence-electron chi connectivity index (χ1n) is 5.33. The smallest absolute Gasteiger partial charge is 0.181 e. The molecule has 0 saturated heterocycles. The number of nitrogens with two attached hydrogens (primary N) is 1. The lowest BCUT2D eigenvalue weighted by Gasteiger charge is -2.28. The molecule has 0 saturated carbocycles. The normalized spacial score (nSPS) is 15.6. The minimum atomic E-state index is 0.645. The summed E-state index contributed by atoms with van der Waals surface area (Å²) in [6.07, 6.45) is 0. The van der Waals surface area contributed by atoms with Crippen LogP contribution in [0.3, 0.4) is 0 Å². The highest BCUT2D eigenvalue weighted by atomic mass is 32.2. The lowest BCUT2D eigenvalue weighted by atomic mass is 10.2. The van der Waals surface area contributed by atoms with Crippen molar-refractivity contribution >= 4 is 16.9 Å². The monoisotopic (exact) mass is 236 g/mol. The Labute approximate surface area is 100 Å². The molecule has 0 spiro atoms. The van der Waals surface area contributed by atoms with Crippen LogP contribution in [0.2, 0.25) is 0 Å². The van der Waals surface area contributed by atoms with Gasteiger partial charge >= 0.3 is 0 Å². The summed E-state index contributed by atoms with van der Waals surface area (Å²) in [7, 11) is 0. The van der Waals surface area contributed by atoms with Gasteiger partial charge in [0, 0.05) is 13.1 Å². The Hall–Kier alpha value is -1.20. The topological polar surface area (TPSA) is 44.9 Å². The summed E-state index contributed by atoms with van der Waals surface area (Å²) >= 11 is 1.57. The Kier molecular flexibility index (Phi) is 3.69. The first-order valence-corrected chi connectivity index (χ1v) is 6.31. The zero-order chi connectivity index (χ0) is 11.4. The zero-order valence-electron chi connectivity index (χ0n) is 9.34. The summed E-state index contributed by atoms with van der Waals surface area (Å²) < 4.78 is 0. The number of hydrazone groups is 1. The Morgan fingerprint density at radius 2 is 2.19 bits per heavy atom. The van der Waals surface area contributed by atoms with Crippen molar-refractivity contribution in [2.45, 2.75) is 13.5 Å². The number of thioether (sulfide) groups is 1. The molecular weight excluding hydrogens is 220 g/mol. The summed E-state index contributed by atoms with van der Waals surface area (Å²) in [5.74, 6) is 0.812. The highest BCUT2D eigenvalue weighted by molar-refractivity contribution is 8.13. The molecule has 0 fully saturated rings. The van der Waals surface area contributed by atoms with Crippen molar-refractivity contribution in [1.29, 1.82) is 0 Å². The third-order valence-electron chi connectivity index (χ3n) is 2.44. The molecule has 1 aliphatic rings. The Morgan fingerprint density at radius 3 is 2.75 bits per heavy atom. The molecule has 1 aromatic carbocycles. The van der Waals surface area contributed by atoms with Crippen molar-refractivity contribution < 1.29 is 0 Å². The first kappa shape index (κ1) is 11.3. The third-order valence-corrected chi connectivity index (χ3v) is 3.18. The molecule has 86 valence electrons. The van der Waals surface area contributed by atoms with Crippen molar-refractivity contribution in [1.82, 2.24) is 10.1 Å². The molecule has 2 N–H and O–H groups in total. The van der Waals surface area contributed by atoms with Crippen molar-refractivity contribution in [3.05, 3.63) is 35.9 Å². The summed E-state index contributed by atoms with van der Waals surface area (Å²) in [6.45, 7) is 3.92. The predicted molar refractivity (Wildman–Crippen MR) is 68.4 cm³/mol. The fourth-order valence-electron chi connectivity index (χ4n) is 1.59. The van der Waals surface area contributed by atoms with Crippen LogP contribution in [0.5, 0.6) is 0 Å². The van der Waals surface area contributed by atoms with E-state index in [1.54, 1.807) is 11.8 Å². The van der Waals surface area contributed by atoms with Gasteiger partial charge in [-0.1, -0.05) is 49.0 Å². The summed E-state index contributed by atoms with van der Waals surface area (Å²) in [6, 6.07) is 10.4. The second-order valence-electron chi connectivity index (χ2n) is 3.55. The molecule has 1 aromatic rings. The minimum absolute atomic E-state index is 0.645. The van der Waals surface area contributed by atoms with Crippen molar-refractivity contribution in [2.75, 3.05) is 12.4 Å². The van der Waals surface area contributed by atoms with Crippen LogP contribution in [0.25, 0.3) is 0 Å². The average molecular weight is 236 g/mol. The van der Waals surface area contributed by atoms with Crippen LogP contribution in [0.4, 0.5) is 0 Å². The number of nitrogens with zero attached hydrogens (tertiary/aromatic N) is 3. The van der Waals surface area contributed by atoms with Gasteiger partial charge in [-0.15, -0.1) is 5.10 Å². The average Bonchev–Trinajstić information content (AvgIpc) is 2.74. The third kappa shape index (κ3) is 2.68. The number of hydrogen-bond acceptors (Lipinski definition) is 5. The van der Waals surface area contributed by atoms with Crippen molar-refractivity contribution in [3.63, 3.8) is 0 Å². The maximum Gasteiger partial charge on any atom is 0.181 e. The second kappa shape index (κ2) is 5.23. The molecule has 0 unspecified atom stereocenters. The number of hydrazine groups is 1. The number of benzene rings is 1. The number of rotatable bonds is 4. The van der Waals surface area contributed by atoms with Gasteiger partial charge in [0.05, 0.1) is 0 Å². The van der Waals surface area contributed by atoms with E-state index in [4.69, 9.17) is 5.73 Å². The molecule has 16 heavy (non-hydrogen) atoms. The molecule has 0 radical (unpaired) electrons. The molecule has 0 amide bonds. The minimum Gasteiger partial charge on any atom is -0.377 e. The van der Waals surface area contributed by atoms with E-state index in [2.05, 4.69) is 41.3 Å². The van der Waals surface area contributed by atoms with Gasteiger partial charge in [0.25, 0.3) is 0 Å². The van der Waals surface area contributed by atoms with E-state index in [-0.39, 0.29) is 0 Å². The van der Waals surface area contributed by atoms with Gasteiger partial charge in [-0.25, -0.2) is 5.12 Å². The standard InChI is InChI=1S/C11H16N4S/c1-2-14(15-9-16-11(12)13-15)8-10-6-4-3-5-7-10/h3-7H,2,8-9H2,1H3,(H2,12,13). The van der Waals surface area contributed by atoms with Gasteiger partial charge < -0.3 is 5.73 Å². The largest absolute Gasteiger partial charge is 0.377 e. The Bertz CT molecular complexity index is 366. The molecule has 0 aromatic heterocycles. The van der Waals surface area contributed by atoms with Crippen LogP contribution >= 0.6 is 11.8 Å². The summed E-state index contributed by atoms with van der Waals surface area (Å²) in [5.41, 5.74) is 6.94. The molecule has 1 heterocycles. The SMILES string of the molecule is CCN(Cc1ccccc1)N1CSC(N)=N1. The lowest BCUT2D eigenvalue weighted by Crippen LogP contribution is -2.36. The van der Waals surface area contributed by atoms with Gasteiger partial charge in [-0.2, -0.15) is 5.01 Å². The van der Waals surface area contributed by atoms with Crippen LogP contribution in [-0.2, 0) is 6.54 Å². The van der Waals surface area contributed by atoms with Crippen LogP contribution in [0.1, 0.15) is 12.5 Å². The van der Waals surface area contributed by atoms with Gasteiger partial charge in [0.2, 0.25) is 0 Å². The maximum absolute atomic E-state index is 5.66. The fraction of sp³-hybridized carbons (Fsp3) is 0.364. The molecule has 5 heteroatoms. The van der Waals surface area contributed by atoms with E-state index >= 15 is 0 Å². The van der Waals surface area contributed by atoms with E-state index in [1.807, 2.05) is 11.2 Å². The molecule has 0 atom stereocenters. The Balaban J connectivity index is 2.01. The van der Waals surface area contributed by atoms with Crippen LogP contribution in [0, 0.1) is 0 Å². The van der Waals surface area contributed by atoms with Crippen LogP contribution in [0.15, 0.2) is 35.4 Å².